The Labute approximate surface area is 111 Å². The Kier molecular flexibility index (Phi) is 6.51. The Hall–Kier alpha value is 0.00143. The van der Waals surface area contributed by atoms with Gasteiger partial charge in [0.05, 0.1) is 0 Å². The zero-order valence-corrected chi connectivity index (χ0v) is 5.90. The van der Waals surface area contributed by atoms with E-state index >= 15 is 0 Å². The van der Waals surface area contributed by atoms with E-state index in [0.29, 0.717) is 0 Å². The third-order valence-corrected chi connectivity index (χ3v) is 1.22. The summed E-state index contributed by atoms with van der Waals surface area (Å²) in [7, 11) is 0. The van der Waals surface area contributed by atoms with Crippen molar-refractivity contribution in [1.82, 2.24) is 0 Å². The van der Waals surface area contributed by atoms with E-state index in [1.807, 2.05) is 30.3 Å². The summed E-state index contributed by atoms with van der Waals surface area (Å²) in [6.07, 6.45) is 2.68. The Morgan fingerprint density at radius 2 is 1.83 bits per heavy atom. The van der Waals surface area contributed by atoms with Crippen molar-refractivity contribution in [2.24, 2.45) is 0 Å². The van der Waals surface area contributed by atoms with Crippen molar-refractivity contribution < 1.29 is 9.90 Å². The second-order valence-electron chi connectivity index (χ2n) is 2.08. The van der Waals surface area contributed by atoms with Crippen LogP contribution in [0.4, 0.5) is 0 Å². The van der Waals surface area contributed by atoms with Crippen LogP contribution in [0.1, 0.15) is 5.56 Å². The monoisotopic (exact) mass is 288 g/mol. The van der Waals surface area contributed by atoms with Crippen molar-refractivity contribution in [3.63, 3.8) is 0 Å². The molecule has 60 valence electrons. The van der Waals surface area contributed by atoms with Gasteiger partial charge in [-0.2, -0.15) is 0 Å². The molecule has 0 aliphatic heterocycles. The zero-order valence-electron chi connectivity index (χ0n) is 5.90. The first-order valence-corrected chi connectivity index (χ1v) is 3.25. The second kappa shape index (κ2) is 6.51. The minimum atomic E-state index is -0.922. The first-order chi connectivity index (χ1) is 5.29. The third-order valence-electron chi connectivity index (χ3n) is 1.22. The Bertz CT molecular complexity index is 267. The Morgan fingerprint density at radius 3 is 2.33 bits per heavy atom. The number of benzene rings is 1. The van der Waals surface area contributed by atoms with Gasteiger partial charge in [-0.1, -0.05) is 30.3 Å². The van der Waals surface area contributed by atoms with Crippen molar-refractivity contribution in [3.05, 3.63) is 42.0 Å². The molecule has 1 aromatic rings. The zero-order chi connectivity index (χ0) is 8.10. The molecule has 0 amide bonds. The van der Waals surface area contributed by atoms with Crippen LogP contribution in [-0.4, -0.2) is 60.0 Å². The van der Waals surface area contributed by atoms with E-state index < -0.39 is 5.97 Å². The third kappa shape index (κ3) is 4.79. The van der Waals surface area contributed by atoms with Gasteiger partial charge in [0.1, 0.15) is 0 Å². The first-order valence-electron chi connectivity index (χ1n) is 3.25. The topological polar surface area (TPSA) is 37.3 Å². The van der Waals surface area contributed by atoms with Crippen LogP contribution in [-0.2, 0) is 4.79 Å². The first kappa shape index (κ1) is 12.0. The molecule has 1 aromatic carbocycles. The van der Waals surface area contributed by atoms with Crippen LogP contribution in [0.3, 0.4) is 0 Å². The fourth-order valence-electron chi connectivity index (χ4n) is 0.732. The molecule has 12 heavy (non-hydrogen) atoms. The van der Waals surface area contributed by atoms with E-state index in [9.17, 15) is 4.79 Å². The molecule has 3 heteroatoms. The van der Waals surface area contributed by atoms with Gasteiger partial charge in [0.25, 0.3) is 0 Å². The molecule has 0 atom stereocenters. The Balaban J connectivity index is 0.00000121. The summed E-state index contributed by atoms with van der Waals surface area (Å²) in [5, 5.41) is 8.29. The average Bonchev–Trinajstić information content (AvgIpc) is 2.03. The molecule has 1 rings (SSSR count). The van der Waals surface area contributed by atoms with Gasteiger partial charge in [0, 0.05) is 6.08 Å². The van der Waals surface area contributed by atoms with E-state index in [1.54, 1.807) is 6.08 Å². The van der Waals surface area contributed by atoms with Gasteiger partial charge in [-0.05, 0) is 11.6 Å². The molecular formula is C9H10BaO2. The molecule has 0 bridgehead atoms. The molecule has 0 aromatic heterocycles. The molecule has 0 heterocycles. The maximum atomic E-state index is 10.1. The van der Waals surface area contributed by atoms with Crippen LogP contribution in [0.25, 0.3) is 6.08 Å². The fourth-order valence-corrected chi connectivity index (χ4v) is 0.732. The molecule has 0 spiro atoms. The number of hydrogen-bond donors (Lipinski definition) is 1. The van der Waals surface area contributed by atoms with E-state index in [0.717, 1.165) is 11.6 Å². The van der Waals surface area contributed by atoms with Gasteiger partial charge in [-0.25, -0.2) is 4.79 Å². The minimum absolute atomic E-state index is 0. The van der Waals surface area contributed by atoms with Gasteiger partial charge in [-0.15, -0.1) is 0 Å². The van der Waals surface area contributed by atoms with Gasteiger partial charge in [-0.3, -0.25) is 0 Å². The summed E-state index contributed by atoms with van der Waals surface area (Å²) < 4.78 is 0. The number of hydrogen-bond acceptors (Lipinski definition) is 1. The fraction of sp³-hybridized carbons (Fsp3) is 0. The number of carboxylic acids is 1. The summed E-state index contributed by atoms with van der Waals surface area (Å²) in [4.78, 5) is 10.1. The number of carbonyl (C=O) groups is 1. The van der Waals surface area contributed by atoms with Crippen LogP contribution in [0.5, 0.6) is 0 Å². The molecule has 1 N–H and O–H groups in total. The average molecular weight is 288 g/mol. The van der Waals surface area contributed by atoms with E-state index in [-0.39, 0.29) is 48.9 Å². The molecule has 0 unspecified atom stereocenters. The van der Waals surface area contributed by atoms with E-state index in [4.69, 9.17) is 5.11 Å². The van der Waals surface area contributed by atoms with Crippen LogP contribution in [0.2, 0.25) is 0 Å². The summed E-state index contributed by atoms with van der Waals surface area (Å²) in [5.74, 6) is -0.922. The standard InChI is InChI=1S/C9H8O2.Ba.2H/c10-9(11)7-6-8-4-2-1-3-5-8;;;/h1-7H,(H,10,11);;;. The number of aliphatic carboxylic acids is 1. The van der Waals surface area contributed by atoms with Gasteiger partial charge in [0.15, 0.2) is 0 Å². The van der Waals surface area contributed by atoms with E-state index in [2.05, 4.69) is 0 Å². The normalized spacial score (nSPS) is 9.33. The van der Waals surface area contributed by atoms with Crippen molar-refractivity contribution in [1.29, 1.82) is 0 Å². The summed E-state index contributed by atoms with van der Waals surface area (Å²) in [5.41, 5.74) is 0.898. The van der Waals surface area contributed by atoms with E-state index in [1.165, 1.54) is 0 Å². The van der Waals surface area contributed by atoms with Crippen molar-refractivity contribution in [2.45, 2.75) is 0 Å². The number of rotatable bonds is 2. The van der Waals surface area contributed by atoms with Crippen LogP contribution >= 0.6 is 0 Å². The van der Waals surface area contributed by atoms with Crippen molar-refractivity contribution in [3.8, 4) is 0 Å². The quantitative estimate of drug-likeness (QED) is 0.647. The predicted molar refractivity (Wildman–Crippen MR) is 51.7 cm³/mol. The molecule has 0 radical (unpaired) electrons. The van der Waals surface area contributed by atoms with Gasteiger partial charge < -0.3 is 5.11 Å². The predicted octanol–water partition coefficient (Wildman–Crippen LogP) is 0.868. The molecule has 2 nitrogen and oxygen atoms in total. The van der Waals surface area contributed by atoms with Gasteiger partial charge >= 0.3 is 54.9 Å². The molecule has 0 saturated carbocycles. The van der Waals surface area contributed by atoms with Crippen LogP contribution < -0.4 is 0 Å². The van der Waals surface area contributed by atoms with Crippen LogP contribution in [0.15, 0.2) is 36.4 Å². The second-order valence-corrected chi connectivity index (χ2v) is 2.08. The summed E-state index contributed by atoms with van der Waals surface area (Å²) in [6.45, 7) is 0. The molecule has 0 aliphatic carbocycles. The van der Waals surface area contributed by atoms with Crippen LogP contribution in [0, 0.1) is 0 Å². The summed E-state index contributed by atoms with van der Waals surface area (Å²) >= 11 is 0. The number of carboxylic acid groups (broad SMARTS) is 1. The molecule has 0 fully saturated rings. The SMILES string of the molecule is O=C(O)C=Cc1ccccc1.[BaH2]. The molecule has 0 saturated heterocycles. The molecular weight excluding hydrogens is 277 g/mol. The van der Waals surface area contributed by atoms with Crippen molar-refractivity contribution >= 4 is 60.9 Å². The maximum absolute atomic E-state index is 10.1. The van der Waals surface area contributed by atoms with Gasteiger partial charge in [0.2, 0.25) is 0 Å². The van der Waals surface area contributed by atoms with Crippen molar-refractivity contribution in [2.75, 3.05) is 0 Å². The summed E-state index contributed by atoms with van der Waals surface area (Å²) in [6, 6.07) is 9.31. The Morgan fingerprint density at radius 1 is 1.25 bits per heavy atom. The molecule has 0 aliphatic rings.